The Morgan fingerprint density at radius 1 is 0.818 bits per heavy atom. The number of carbonyl (C=O) groups is 2. The predicted octanol–water partition coefficient (Wildman–Crippen LogP) is 6.13. The fourth-order valence-electron chi connectivity index (χ4n) is 5.26. The van der Waals surface area contributed by atoms with E-state index in [0.717, 1.165) is 72.1 Å². The lowest BCUT2D eigenvalue weighted by Crippen LogP contribution is -2.07. The smallest absolute Gasteiger partial charge is 0.303 e. The van der Waals surface area contributed by atoms with E-state index in [9.17, 15) is 23.1 Å². The maximum Gasteiger partial charge on any atom is 0.303 e. The number of hydrogen-bond donors (Lipinski definition) is 2. The highest BCUT2D eigenvalue weighted by atomic mass is 32.2. The van der Waals surface area contributed by atoms with Gasteiger partial charge in [-0.1, -0.05) is 31.0 Å². The second kappa shape index (κ2) is 15.6. The lowest BCUT2D eigenvalue weighted by Gasteiger charge is -2.15. The van der Waals surface area contributed by atoms with Gasteiger partial charge in [-0.3, -0.25) is 9.59 Å². The van der Waals surface area contributed by atoms with E-state index in [1.165, 1.54) is 6.26 Å². The summed E-state index contributed by atoms with van der Waals surface area (Å²) in [4.78, 5) is 22.2. The highest BCUT2D eigenvalue weighted by Gasteiger charge is 2.16. The first-order valence-corrected chi connectivity index (χ1v) is 16.9. The van der Waals surface area contributed by atoms with E-state index in [1.807, 2.05) is 42.5 Å². The molecule has 3 aromatic carbocycles. The molecule has 0 unspecified atom stereocenters. The van der Waals surface area contributed by atoms with Crippen LogP contribution in [0.15, 0.2) is 59.5 Å². The van der Waals surface area contributed by atoms with Crippen LogP contribution in [0.25, 0.3) is 11.1 Å². The van der Waals surface area contributed by atoms with Gasteiger partial charge in [-0.2, -0.15) is 0 Å². The Kier molecular flexibility index (Phi) is 11.7. The van der Waals surface area contributed by atoms with Gasteiger partial charge in [-0.05, 0) is 96.3 Å². The molecule has 0 saturated carbocycles. The Morgan fingerprint density at radius 2 is 1.59 bits per heavy atom. The second-order valence-electron chi connectivity index (χ2n) is 11.0. The third-order valence-corrected chi connectivity index (χ3v) is 8.64. The summed E-state index contributed by atoms with van der Waals surface area (Å²) >= 11 is 0. The Hall–Kier alpha value is -4.05. The Bertz CT molecular complexity index is 1560. The molecule has 0 spiro atoms. The number of rotatable bonds is 18. The van der Waals surface area contributed by atoms with Gasteiger partial charge >= 0.3 is 11.9 Å². The van der Waals surface area contributed by atoms with E-state index in [0.29, 0.717) is 37.6 Å². The van der Waals surface area contributed by atoms with Gasteiger partial charge in [0, 0.05) is 25.5 Å². The summed E-state index contributed by atoms with van der Waals surface area (Å²) < 4.78 is 42.2. The SMILES string of the molecule is CS(=O)(=O)c1cc(OCCCCCCc2cccc(OCCCC(=O)O)c2CCC(=O)O)cc(-c2ccc3c(c2)CCO3)c1. The third kappa shape index (κ3) is 9.74. The van der Waals surface area contributed by atoms with Crippen LogP contribution < -0.4 is 14.2 Å². The molecule has 1 heterocycles. The Labute approximate surface area is 258 Å². The molecule has 9 nitrogen and oxygen atoms in total. The minimum Gasteiger partial charge on any atom is -0.494 e. The van der Waals surface area contributed by atoms with Crippen molar-refractivity contribution in [2.45, 2.75) is 69.1 Å². The molecule has 1 aliphatic rings. The normalized spacial score (nSPS) is 12.4. The van der Waals surface area contributed by atoms with Crippen LogP contribution in [0.2, 0.25) is 0 Å². The zero-order valence-electron chi connectivity index (χ0n) is 25.0. The highest BCUT2D eigenvalue weighted by Crippen LogP contribution is 2.34. The minimum absolute atomic E-state index is 0.0109. The number of aryl methyl sites for hydroxylation is 1. The van der Waals surface area contributed by atoms with Crippen molar-refractivity contribution in [2.24, 2.45) is 0 Å². The molecule has 2 N–H and O–H groups in total. The van der Waals surface area contributed by atoms with E-state index in [-0.39, 0.29) is 24.3 Å². The van der Waals surface area contributed by atoms with Crippen LogP contribution in [0.4, 0.5) is 0 Å². The molecular weight excluding hydrogens is 584 g/mol. The molecule has 1 aliphatic heterocycles. The molecule has 0 amide bonds. The molecule has 0 fully saturated rings. The second-order valence-corrected chi connectivity index (χ2v) is 13.0. The van der Waals surface area contributed by atoms with Crippen LogP contribution in [-0.2, 0) is 38.7 Å². The van der Waals surface area contributed by atoms with Crippen molar-refractivity contribution < 1.29 is 42.4 Å². The summed E-state index contributed by atoms with van der Waals surface area (Å²) in [6.07, 6.45) is 7.09. The van der Waals surface area contributed by atoms with Gasteiger partial charge in [0.15, 0.2) is 9.84 Å². The van der Waals surface area contributed by atoms with Gasteiger partial charge in [-0.15, -0.1) is 0 Å². The predicted molar refractivity (Wildman–Crippen MR) is 167 cm³/mol. The molecule has 0 bridgehead atoms. The number of ether oxygens (including phenoxy) is 3. The topological polar surface area (TPSA) is 136 Å². The number of unbranched alkanes of at least 4 members (excludes halogenated alkanes) is 3. The lowest BCUT2D eigenvalue weighted by molar-refractivity contribution is -0.138. The fraction of sp³-hybridized carbons (Fsp3) is 0.412. The summed E-state index contributed by atoms with van der Waals surface area (Å²) in [7, 11) is -3.43. The largest absolute Gasteiger partial charge is 0.494 e. The average molecular weight is 625 g/mol. The van der Waals surface area contributed by atoms with E-state index in [4.69, 9.17) is 19.3 Å². The molecule has 0 aromatic heterocycles. The molecule has 0 saturated heterocycles. The number of carboxylic acid groups (broad SMARTS) is 2. The highest BCUT2D eigenvalue weighted by molar-refractivity contribution is 7.90. The minimum atomic E-state index is -3.43. The molecule has 236 valence electrons. The van der Waals surface area contributed by atoms with Crippen LogP contribution in [0.5, 0.6) is 17.2 Å². The monoisotopic (exact) mass is 624 g/mol. The number of aliphatic carboxylic acids is 2. The standard InChI is InChI=1S/C34H40O9S/c1-44(39,40)29-22-27(25-12-14-31-26(20-25)16-19-43-31)21-28(23-29)41-17-5-3-2-4-8-24-9-6-10-32(30(24)13-15-34(37)38)42-18-7-11-33(35)36/h6,9-10,12,14,20-23H,2-5,7-8,11,13,15-19H2,1H3,(H,35,36)(H,37,38). The molecule has 4 rings (SSSR count). The molecule has 3 aromatic rings. The molecule has 0 atom stereocenters. The van der Waals surface area contributed by atoms with Crippen LogP contribution in [0, 0.1) is 0 Å². The summed E-state index contributed by atoms with van der Waals surface area (Å²) in [5.41, 5.74) is 4.72. The number of sulfone groups is 1. The maximum atomic E-state index is 12.4. The summed E-state index contributed by atoms with van der Waals surface area (Å²) in [5.74, 6) is 0.244. The summed E-state index contributed by atoms with van der Waals surface area (Å²) in [6, 6.07) is 16.7. The van der Waals surface area contributed by atoms with Gasteiger partial charge in [0.1, 0.15) is 17.2 Å². The number of fused-ring (bicyclic) bond motifs is 1. The lowest BCUT2D eigenvalue weighted by atomic mass is 9.97. The van der Waals surface area contributed by atoms with Gasteiger partial charge in [0.2, 0.25) is 0 Å². The molecule has 0 radical (unpaired) electrons. The molecule has 10 heteroatoms. The van der Waals surface area contributed by atoms with Crippen LogP contribution in [0.3, 0.4) is 0 Å². The first kappa shape index (κ1) is 32.9. The van der Waals surface area contributed by atoms with Crippen molar-refractivity contribution in [1.29, 1.82) is 0 Å². The van der Waals surface area contributed by atoms with E-state index in [2.05, 4.69) is 0 Å². The number of benzene rings is 3. The first-order valence-electron chi connectivity index (χ1n) is 15.0. The molecular formula is C34H40O9S. The van der Waals surface area contributed by atoms with Crippen LogP contribution >= 0.6 is 0 Å². The molecule has 44 heavy (non-hydrogen) atoms. The Morgan fingerprint density at radius 3 is 2.36 bits per heavy atom. The Balaban J connectivity index is 1.30. The zero-order chi connectivity index (χ0) is 31.5. The summed E-state index contributed by atoms with van der Waals surface area (Å²) in [5, 5.41) is 18.1. The van der Waals surface area contributed by atoms with E-state index in [1.54, 1.807) is 12.1 Å². The van der Waals surface area contributed by atoms with E-state index >= 15 is 0 Å². The van der Waals surface area contributed by atoms with Gasteiger partial charge in [-0.25, -0.2) is 8.42 Å². The third-order valence-electron chi connectivity index (χ3n) is 7.55. The number of carboxylic acids is 2. The van der Waals surface area contributed by atoms with Crippen molar-refractivity contribution in [3.8, 4) is 28.4 Å². The number of hydrogen-bond acceptors (Lipinski definition) is 7. The molecule has 0 aliphatic carbocycles. The van der Waals surface area contributed by atoms with Gasteiger partial charge < -0.3 is 24.4 Å². The van der Waals surface area contributed by atoms with Crippen molar-refractivity contribution in [2.75, 3.05) is 26.1 Å². The van der Waals surface area contributed by atoms with Gasteiger partial charge in [0.25, 0.3) is 0 Å². The zero-order valence-corrected chi connectivity index (χ0v) is 25.9. The van der Waals surface area contributed by atoms with Crippen LogP contribution in [0.1, 0.15) is 61.6 Å². The average Bonchev–Trinajstić information content (AvgIpc) is 3.45. The van der Waals surface area contributed by atoms with Crippen molar-refractivity contribution >= 4 is 21.8 Å². The van der Waals surface area contributed by atoms with Crippen molar-refractivity contribution in [3.05, 3.63) is 71.3 Å². The maximum absolute atomic E-state index is 12.4. The van der Waals surface area contributed by atoms with Crippen LogP contribution in [-0.4, -0.2) is 56.6 Å². The first-order chi connectivity index (χ1) is 21.1. The van der Waals surface area contributed by atoms with Crippen molar-refractivity contribution in [3.63, 3.8) is 0 Å². The van der Waals surface area contributed by atoms with Gasteiger partial charge in [0.05, 0.1) is 24.7 Å². The summed E-state index contributed by atoms with van der Waals surface area (Å²) in [6.45, 7) is 1.36. The van der Waals surface area contributed by atoms with Crippen molar-refractivity contribution in [1.82, 2.24) is 0 Å². The fourth-order valence-corrected chi connectivity index (χ4v) is 5.94. The van der Waals surface area contributed by atoms with E-state index < -0.39 is 21.8 Å². The quantitative estimate of drug-likeness (QED) is 0.160.